The van der Waals surface area contributed by atoms with Crippen LogP contribution in [0.2, 0.25) is 0 Å². The lowest BCUT2D eigenvalue weighted by Gasteiger charge is -2.05. The van der Waals surface area contributed by atoms with Crippen molar-refractivity contribution in [1.82, 2.24) is 9.78 Å². The summed E-state index contributed by atoms with van der Waals surface area (Å²) in [6, 6.07) is 7.57. The van der Waals surface area contributed by atoms with Crippen molar-refractivity contribution in [3.8, 4) is 5.69 Å². The van der Waals surface area contributed by atoms with Crippen LogP contribution < -0.4 is 5.73 Å². The number of benzene rings is 1. The van der Waals surface area contributed by atoms with E-state index in [-0.39, 0.29) is 6.42 Å². The molecule has 0 amide bonds. The van der Waals surface area contributed by atoms with Gasteiger partial charge in [-0.2, -0.15) is 5.10 Å². The second-order valence-corrected chi connectivity index (χ2v) is 4.76. The van der Waals surface area contributed by atoms with Gasteiger partial charge in [0.15, 0.2) is 0 Å². The summed E-state index contributed by atoms with van der Waals surface area (Å²) in [6.07, 6.45) is 2.04. The lowest BCUT2D eigenvalue weighted by molar-refractivity contribution is -0.136. The van der Waals surface area contributed by atoms with E-state index in [1.54, 1.807) is 10.9 Å². The van der Waals surface area contributed by atoms with E-state index in [0.717, 1.165) is 15.7 Å². The summed E-state index contributed by atoms with van der Waals surface area (Å²) in [5.41, 5.74) is 7.55. The Hall–Kier alpha value is -1.82. The normalized spacial score (nSPS) is 10.5. The number of aliphatic carboxylic acids is 1. The van der Waals surface area contributed by atoms with Gasteiger partial charge in [-0.05, 0) is 24.6 Å². The lowest BCUT2D eigenvalue weighted by atomic mass is 10.2. The van der Waals surface area contributed by atoms with E-state index in [4.69, 9.17) is 10.8 Å². The van der Waals surface area contributed by atoms with Crippen LogP contribution >= 0.6 is 15.9 Å². The molecule has 0 bridgehead atoms. The van der Waals surface area contributed by atoms with Crippen LogP contribution in [0.5, 0.6) is 0 Å². The molecule has 0 aliphatic rings. The van der Waals surface area contributed by atoms with Gasteiger partial charge in [-0.15, -0.1) is 0 Å². The highest BCUT2D eigenvalue weighted by Crippen LogP contribution is 2.20. The minimum atomic E-state index is -0.843. The summed E-state index contributed by atoms with van der Waals surface area (Å²) in [5.74, 6) is -0.362. The quantitative estimate of drug-likeness (QED) is 0.907. The molecule has 0 saturated carbocycles. The zero-order valence-electron chi connectivity index (χ0n) is 9.51. The molecule has 0 aliphatic heterocycles. The molecule has 2 aromatic rings. The largest absolute Gasteiger partial charge is 0.481 e. The molecule has 94 valence electrons. The van der Waals surface area contributed by atoms with Gasteiger partial charge in [0.2, 0.25) is 0 Å². The summed E-state index contributed by atoms with van der Waals surface area (Å²) < 4.78 is 2.53. The minimum absolute atomic E-state index is 0.0500. The number of carbonyl (C=O) groups is 1. The molecule has 1 aromatic heterocycles. The van der Waals surface area contributed by atoms with Crippen molar-refractivity contribution in [3.05, 3.63) is 40.5 Å². The Bertz CT molecular complexity index is 580. The van der Waals surface area contributed by atoms with E-state index in [1.165, 1.54) is 0 Å². The third kappa shape index (κ3) is 2.70. The van der Waals surface area contributed by atoms with E-state index in [0.29, 0.717) is 12.2 Å². The predicted octanol–water partition coefficient (Wildman–Crippen LogP) is 2.23. The highest BCUT2D eigenvalue weighted by atomic mass is 79.9. The molecular weight excluding hydrogens is 298 g/mol. The highest BCUT2D eigenvalue weighted by molar-refractivity contribution is 9.10. The van der Waals surface area contributed by atoms with Crippen molar-refractivity contribution in [2.24, 2.45) is 0 Å². The summed E-state index contributed by atoms with van der Waals surface area (Å²) in [4.78, 5) is 10.5. The van der Waals surface area contributed by atoms with E-state index in [9.17, 15) is 4.79 Å². The number of carboxylic acids is 1. The lowest BCUT2D eigenvalue weighted by Crippen LogP contribution is -2.04. The fraction of sp³-hybridized carbons (Fsp3) is 0.167. The Labute approximate surface area is 112 Å². The Morgan fingerprint density at radius 3 is 2.94 bits per heavy atom. The topological polar surface area (TPSA) is 81.1 Å². The van der Waals surface area contributed by atoms with Crippen LogP contribution in [0.15, 0.2) is 34.9 Å². The summed E-state index contributed by atoms with van der Waals surface area (Å²) >= 11 is 3.38. The molecule has 1 aromatic carbocycles. The van der Waals surface area contributed by atoms with Crippen molar-refractivity contribution < 1.29 is 9.90 Å². The van der Waals surface area contributed by atoms with E-state index in [1.807, 2.05) is 24.3 Å². The molecular formula is C12H12BrN3O2. The van der Waals surface area contributed by atoms with Gasteiger partial charge >= 0.3 is 5.97 Å². The van der Waals surface area contributed by atoms with Gasteiger partial charge in [0.1, 0.15) is 5.82 Å². The molecule has 0 unspecified atom stereocenters. The van der Waals surface area contributed by atoms with Crippen LogP contribution in [0.25, 0.3) is 5.69 Å². The number of aryl methyl sites for hydroxylation is 1. The number of nitrogen functional groups attached to an aromatic ring is 1. The molecule has 1 heterocycles. The molecule has 0 aliphatic carbocycles. The third-order valence-electron chi connectivity index (χ3n) is 2.55. The summed E-state index contributed by atoms with van der Waals surface area (Å²) in [6.45, 7) is 0. The first kappa shape index (κ1) is 12.6. The maximum atomic E-state index is 10.5. The first-order chi connectivity index (χ1) is 8.58. The van der Waals surface area contributed by atoms with Crippen LogP contribution in [0, 0.1) is 0 Å². The number of rotatable bonds is 4. The maximum absolute atomic E-state index is 10.5. The van der Waals surface area contributed by atoms with Crippen molar-refractivity contribution in [2.45, 2.75) is 12.8 Å². The van der Waals surface area contributed by atoms with Crippen molar-refractivity contribution in [2.75, 3.05) is 5.73 Å². The van der Waals surface area contributed by atoms with Gasteiger partial charge in [0, 0.05) is 16.5 Å². The predicted molar refractivity (Wildman–Crippen MR) is 71.6 cm³/mol. The molecule has 0 radical (unpaired) electrons. The molecule has 0 fully saturated rings. The fourth-order valence-electron chi connectivity index (χ4n) is 1.64. The van der Waals surface area contributed by atoms with Crippen LogP contribution in [-0.4, -0.2) is 20.9 Å². The van der Waals surface area contributed by atoms with Gasteiger partial charge < -0.3 is 10.8 Å². The molecule has 5 nitrogen and oxygen atoms in total. The van der Waals surface area contributed by atoms with Crippen LogP contribution in [0.4, 0.5) is 5.82 Å². The number of halogens is 1. The number of hydrogen-bond donors (Lipinski definition) is 2. The second kappa shape index (κ2) is 5.22. The number of hydrogen-bond acceptors (Lipinski definition) is 3. The monoisotopic (exact) mass is 309 g/mol. The van der Waals surface area contributed by atoms with E-state index >= 15 is 0 Å². The maximum Gasteiger partial charge on any atom is 0.303 e. The highest BCUT2D eigenvalue weighted by Gasteiger charge is 2.10. The average Bonchev–Trinajstić information content (AvgIpc) is 2.68. The summed E-state index contributed by atoms with van der Waals surface area (Å²) in [7, 11) is 0. The van der Waals surface area contributed by atoms with Crippen molar-refractivity contribution in [3.63, 3.8) is 0 Å². The Morgan fingerprint density at radius 1 is 1.50 bits per heavy atom. The first-order valence-corrected chi connectivity index (χ1v) is 6.17. The van der Waals surface area contributed by atoms with E-state index in [2.05, 4.69) is 21.0 Å². The first-order valence-electron chi connectivity index (χ1n) is 5.38. The fourth-order valence-corrected chi connectivity index (χ4v) is 2.03. The van der Waals surface area contributed by atoms with Crippen LogP contribution in [-0.2, 0) is 11.2 Å². The van der Waals surface area contributed by atoms with Crippen molar-refractivity contribution in [1.29, 1.82) is 0 Å². The zero-order chi connectivity index (χ0) is 13.1. The number of nitrogens with two attached hydrogens (primary N) is 1. The molecule has 0 saturated heterocycles. The van der Waals surface area contributed by atoms with Crippen LogP contribution in [0.3, 0.4) is 0 Å². The molecule has 18 heavy (non-hydrogen) atoms. The standard InChI is InChI=1S/C12H12BrN3O2/c13-9-2-1-3-10(6-9)16-12(14)8(7-15-16)4-5-11(17)18/h1-3,6-7H,4-5,14H2,(H,17,18). The molecule has 2 rings (SSSR count). The minimum Gasteiger partial charge on any atom is -0.481 e. The smallest absolute Gasteiger partial charge is 0.303 e. The SMILES string of the molecule is Nc1c(CCC(=O)O)cnn1-c1cccc(Br)c1. The third-order valence-corrected chi connectivity index (χ3v) is 3.04. The molecule has 0 atom stereocenters. The number of anilines is 1. The number of aromatic nitrogens is 2. The van der Waals surface area contributed by atoms with Gasteiger partial charge in [-0.3, -0.25) is 4.79 Å². The van der Waals surface area contributed by atoms with Gasteiger partial charge in [0.05, 0.1) is 11.9 Å². The van der Waals surface area contributed by atoms with Gasteiger partial charge in [-0.1, -0.05) is 22.0 Å². The number of carboxylic acid groups (broad SMARTS) is 1. The van der Waals surface area contributed by atoms with E-state index < -0.39 is 5.97 Å². The molecule has 6 heteroatoms. The van der Waals surface area contributed by atoms with Crippen molar-refractivity contribution >= 4 is 27.7 Å². The molecule has 0 spiro atoms. The average molecular weight is 310 g/mol. The molecule has 3 N–H and O–H groups in total. The van der Waals surface area contributed by atoms with Crippen LogP contribution in [0.1, 0.15) is 12.0 Å². The summed E-state index contributed by atoms with van der Waals surface area (Å²) in [5, 5.41) is 12.8. The van der Waals surface area contributed by atoms with Gasteiger partial charge in [0.25, 0.3) is 0 Å². The van der Waals surface area contributed by atoms with Gasteiger partial charge in [-0.25, -0.2) is 4.68 Å². The zero-order valence-corrected chi connectivity index (χ0v) is 11.1. The number of nitrogens with zero attached hydrogens (tertiary/aromatic N) is 2. The second-order valence-electron chi connectivity index (χ2n) is 3.84. The Kier molecular flexibility index (Phi) is 3.66. The Morgan fingerprint density at radius 2 is 2.28 bits per heavy atom. The Balaban J connectivity index is 2.28.